The lowest BCUT2D eigenvalue weighted by Crippen LogP contribution is -2.64. The van der Waals surface area contributed by atoms with Crippen LogP contribution in [0.4, 0.5) is 0 Å². The fourth-order valence-electron chi connectivity index (χ4n) is 1.35. The van der Waals surface area contributed by atoms with Crippen molar-refractivity contribution in [2.45, 2.75) is 32.5 Å². The zero-order valence-electron chi connectivity index (χ0n) is 5.52. The summed E-state index contributed by atoms with van der Waals surface area (Å²) < 4.78 is 0. The van der Waals surface area contributed by atoms with Crippen LogP contribution in [0.1, 0.15) is 20.3 Å². The highest BCUT2D eigenvalue weighted by atomic mass is 15.1. The van der Waals surface area contributed by atoms with E-state index in [0.717, 1.165) is 5.92 Å². The lowest BCUT2D eigenvalue weighted by Gasteiger charge is -2.41. The molecule has 0 aliphatic carbocycles. The summed E-state index contributed by atoms with van der Waals surface area (Å²) in [7, 11) is 0. The third kappa shape index (κ3) is 0.740. The Bertz CT molecular complexity index is 74.6. The van der Waals surface area contributed by atoms with Crippen molar-refractivity contribution in [1.29, 1.82) is 0 Å². The van der Waals surface area contributed by atoms with Crippen molar-refractivity contribution in [3.05, 3.63) is 0 Å². The Balaban J connectivity index is 2.29. The van der Waals surface area contributed by atoms with Crippen molar-refractivity contribution >= 4 is 0 Å². The molecule has 0 aromatic carbocycles. The first-order chi connectivity index (χ1) is 3.75. The van der Waals surface area contributed by atoms with Crippen LogP contribution in [0.3, 0.4) is 0 Å². The zero-order chi connectivity index (χ0) is 6.15. The topological polar surface area (TPSA) is 38.0 Å². The molecule has 3 N–H and O–H groups in total. The number of rotatable bonds is 1. The van der Waals surface area contributed by atoms with Crippen LogP contribution >= 0.6 is 0 Å². The van der Waals surface area contributed by atoms with Crippen LogP contribution in [0.2, 0.25) is 0 Å². The molecular weight excluding hydrogens is 100 g/mol. The van der Waals surface area contributed by atoms with Crippen LogP contribution < -0.4 is 11.1 Å². The molecule has 2 heteroatoms. The normalized spacial score (nSPS) is 46.1. The largest absolute Gasteiger partial charge is 0.316 e. The predicted octanol–water partition coefficient (Wildman–Crippen LogP) is 0.289. The predicted molar refractivity (Wildman–Crippen MR) is 34.4 cm³/mol. The van der Waals surface area contributed by atoms with Crippen molar-refractivity contribution < 1.29 is 0 Å². The van der Waals surface area contributed by atoms with Gasteiger partial charge >= 0.3 is 0 Å². The van der Waals surface area contributed by atoms with Gasteiger partial charge in [0.15, 0.2) is 0 Å². The van der Waals surface area contributed by atoms with Crippen LogP contribution in [-0.2, 0) is 0 Å². The third-order valence-electron chi connectivity index (χ3n) is 2.03. The van der Waals surface area contributed by atoms with Crippen molar-refractivity contribution in [1.82, 2.24) is 5.32 Å². The molecular formula is C6H14N2. The summed E-state index contributed by atoms with van der Waals surface area (Å²) in [5.74, 6) is 0.718. The minimum Gasteiger partial charge on any atom is -0.316 e. The SMILES string of the molecule is CCC1C(C)NC1N. The first-order valence-corrected chi connectivity index (χ1v) is 3.27. The summed E-state index contributed by atoms with van der Waals surface area (Å²) >= 11 is 0. The van der Waals surface area contributed by atoms with Crippen molar-refractivity contribution in [3.63, 3.8) is 0 Å². The number of hydrogen-bond acceptors (Lipinski definition) is 2. The van der Waals surface area contributed by atoms with E-state index in [4.69, 9.17) is 5.73 Å². The Morgan fingerprint density at radius 1 is 1.62 bits per heavy atom. The van der Waals surface area contributed by atoms with E-state index in [2.05, 4.69) is 19.2 Å². The summed E-state index contributed by atoms with van der Waals surface area (Å²) in [5, 5.41) is 3.18. The maximum Gasteiger partial charge on any atom is 0.0592 e. The van der Waals surface area contributed by atoms with Gasteiger partial charge < -0.3 is 5.73 Å². The van der Waals surface area contributed by atoms with Crippen LogP contribution in [0.25, 0.3) is 0 Å². The van der Waals surface area contributed by atoms with E-state index < -0.39 is 0 Å². The number of nitrogens with one attached hydrogen (secondary N) is 1. The standard InChI is InChI=1S/C6H14N2/c1-3-5-4(2)8-6(5)7/h4-6,8H,3,7H2,1-2H3. The van der Waals surface area contributed by atoms with Crippen LogP contribution in [0, 0.1) is 5.92 Å². The van der Waals surface area contributed by atoms with Gasteiger partial charge in [0.1, 0.15) is 0 Å². The Kier molecular flexibility index (Phi) is 1.54. The van der Waals surface area contributed by atoms with E-state index in [9.17, 15) is 0 Å². The maximum absolute atomic E-state index is 5.61. The average Bonchev–Trinajstić information content (AvgIpc) is 1.67. The fraction of sp³-hybridized carbons (Fsp3) is 1.00. The van der Waals surface area contributed by atoms with Gasteiger partial charge in [-0.1, -0.05) is 6.92 Å². The molecule has 48 valence electrons. The lowest BCUT2D eigenvalue weighted by molar-refractivity contribution is 0.155. The molecule has 0 bridgehead atoms. The molecule has 0 amide bonds. The van der Waals surface area contributed by atoms with Gasteiger partial charge in [0.05, 0.1) is 6.17 Å². The number of nitrogens with two attached hydrogens (primary N) is 1. The summed E-state index contributed by atoms with van der Waals surface area (Å²) in [5.41, 5.74) is 5.61. The molecule has 1 fully saturated rings. The second kappa shape index (κ2) is 2.03. The van der Waals surface area contributed by atoms with E-state index in [1.807, 2.05) is 0 Å². The van der Waals surface area contributed by atoms with Gasteiger partial charge in [0.25, 0.3) is 0 Å². The summed E-state index contributed by atoms with van der Waals surface area (Å²) in [6.07, 6.45) is 1.48. The molecule has 1 rings (SSSR count). The van der Waals surface area contributed by atoms with Crippen molar-refractivity contribution in [3.8, 4) is 0 Å². The summed E-state index contributed by atoms with van der Waals surface area (Å²) in [6, 6.07) is 0.648. The molecule has 0 aromatic heterocycles. The van der Waals surface area contributed by atoms with Crippen LogP contribution in [-0.4, -0.2) is 12.2 Å². The first-order valence-electron chi connectivity index (χ1n) is 3.27. The van der Waals surface area contributed by atoms with Gasteiger partial charge in [0, 0.05) is 12.0 Å². The lowest BCUT2D eigenvalue weighted by atomic mass is 9.87. The van der Waals surface area contributed by atoms with Gasteiger partial charge in [-0.05, 0) is 13.3 Å². The molecule has 3 atom stereocenters. The summed E-state index contributed by atoms with van der Waals surface area (Å²) in [6.45, 7) is 4.36. The molecule has 1 aliphatic heterocycles. The van der Waals surface area contributed by atoms with E-state index in [1.54, 1.807) is 0 Å². The van der Waals surface area contributed by atoms with Gasteiger partial charge in [0.2, 0.25) is 0 Å². The first kappa shape index (κ1) is 6.05. The minimum atomic E-state index is 0.273. The van der Waals surface area contributed by atoms with Gasteiger partial charge in [-0.3, -0.25) is 5.32 Å². The highest BCUT2D eigenvalue weighted by Crippen LogP contribution is 2.19. The molecule has 0 saturated carbocycles. The van der Waals surface area contributed by atoms with Gasteiger partial charge in [-0.25, -0.2) is 0 Å². The Labute approximate surface area is 50.4 Å². The molecule has 0 radical (unpaired) electrons. The van der Waals surface area contributed by atoms with E-state index in [-0.39, 0.29) is 6.17 Å². The molecule has 1 aliphatic rings. The minimum absolute atomic E-state index is 0.273. The molecule has 8 heavy (non-hydrogen) atoms. The second-order valence-corrected chi connectivity index (χ2v) is 2.55. The van der Waals surface area contributed by atoms with E-state index in [0.29, 0.717) is 6.04 Å². The average molecular weight is 114 g/mol. The summed E-state index contributed by atoms with van der Waals surface area (Å²) in [4.78, 5) is 0. The molecule has 2 nitrogen and oxygen atoms in total. The zero-order valence-corrected chi connectivity index (χ0v) is 5.52. The Morgan fingerprint density at radius 3 is 2.38 bits per heavy atom. The van der Waals surface area contributed by atoms with Crippen molar-refractivity contribution in [2.24, 2.45) is 11.7 Å². The van der Waals surface area contributed by atoms with Gasteiger partial charge in [-0.2, -0.15) is 0 Å². The maximum atomic E-state index is 5.61. The Morgan fingerprint density at radius 2 is 2.25 bits per heavy atom. The smallest absolute Gasteiger partial charge is 0.0592 e. The highest BCUT2D eigenvalue weighted by molar-refractivity contribution is 4.89. The molecule has 1 saturated heterocycles. The monoisotopic (exact) mass is 114 g/mol. The van der Waals surface area contributed by atoms with E-state index >= 15 is 0 Å². The molecule has 0 spiro atoms. The van der Waals surface area contributed by atoms with Crippen LogP contribution in [0.15, 0.2) is 0 Å². The second-order valence-electron chi connectivity index (χ2n) is 2.55. The quantitative estimate of drug-likeness (QED) is 0.514. The van der Waals surface area contributed by atoms with Crippen LogP contribution in [0.5, 0.6) is 0 Å². The Hall–Kier alpha value is -0.0800. The highest BCUT2D eigenvalue weighted by Gasteiger charge is 2.32. The fourth-order valence-corrected chi connectivity index (χ4v) is 1.35. The number of hydrogen-bond donors (Lipinski definition) is 2. The molecule has 3 unspecified atom stereocenters. The molecule has 1 heterocycles. The third-order valence-corrected chi connectivity index (χ3v) is 2.03. The van der Waals surface area contributed by atoms with E-state index in [1.165, 1.54) is 6.42 Å². The molecule has 0 aromatic rings. The van der Waals surface area contributed by atoms with Gasteiger partial charge in [-0.15, -0.1) is 0 Å². The van der Waals surface area contributed by atoms with Crippen molar-refractivity contribution in [2.75, 3.05) is 0 Å².